The molecule has 1 aromatic rings. The topological polar surface area (TPSA) is 46.3 Å². The number of aryl methyl sites for hydroxylation is 1. The summed E-state index contributed by atoms with van der Waals surface area (Å²) >= 11 is 1.69. The van der Waals surface area contributed by atoms with Crippen LogP contribution in [0, 0.1) is 5.92 Å². The number of likely N-dealkylation sites (tertiary alicyclic amines) is 1. The summed E-state index contributed by atoms with van der Waals surface area (Å²) in [6.45, 7) is 3.68. The molecule has 0 aliphatic carbocycles. The Labute approximate surface area is 113 Å². The Hall–Kier alpha value is -0.870. The van der Waals surface area contributed by atoms with E-state index in [-0.39, 0.29) is 11.9 Å². The van der Waals surface area contributed by atoms with Gasteiger partial charge in [0.25, 0.3) is 0 Å². The van der Waals surface area contributed by atoms with Gasteiger partial charge in [-0.3, -0.25) is 4.79 Å². The quantitative estimate of drug-likeness (QED) is 0.908. The van der Waals surface area contributed by atoms with Crippen molar-refractivity contribution in [2.45, 2.75) is 38.6 Å². The minimum absolute atomic E-state index is 0.244. The number of nitrogens with two attached hydrogens (primary N) is 1. The van der Waals surface area contributed by atoms with Crippen LogP contribution in [0.15, 0.2) is 16.8 Å². The third-order valence-corrected chi connectivity index (χ3v) is 4.62. The highest BCUT2D eigenvalue weighted by Crippen LogP contribution is 2.23. The molecule has 1 aromatic heterocycles. The molecule has 4 heteroatoms. The highest BCUT2D eigenvalue weighted by Gasteiger charge is 2.30. The molecule has 1 aliphatic heterocycles. The van der Waals surface area contributed by atoms with Gasteiger partial charge >= 0.3 is 0 Å². The Morgan fingerprint density at radius 3 is 3.11 bits per heavy atom. The average Bonchev–Trinajstić information content (AvgIpc) is 2.88. The zero-order valence-electron chi connectivity index (χ0n) is 11.0. The van der Waals surface area contributed by atoms with E-state index < -0.39 is 0 Å². The van der Waals surface area contributed by atoms with Crippen molar-refractivity contribution in [1.82, 2.24) is 4.90 Å². The average molecular weight is 266 g/mol. The van der Waals surface area contributed by atoms with Crippen molar-refractivity contribution in [2.75, 3.05) is 13.1 Å². The summed E-state index contributed by atoms with van der Waals surface area (Å²) in [6, 6.07) is 2.34. The van der Waals surface area contributed by atoms with Crippen LogP contribution in [-0.2, 0) is 11.2 Å². The summed E-state index contributed by atoms with van der Waals surface area (Å²) in [7, 11) is 0. The molecule has 1 aliphatic rings. The molecule has 2 atom stereocenters. The molecule has 18 heavy (non-hydrogen) atoms. The van der Waals surface area contributed by atoms with Gasteiger partial charge < -0.3 is 10.6 Å². The Balaban J connectivity index is 1.90. The first-order valence-corrected chi connectivity index (χ1v) is 7.67. The van der Waals surface area contributed by atoms with Crippen molar-refractivity contribution in [1.29, 1.82) is 0 Å². The van der Waals surface area contributed by atoms with Gasteiger partial charge in [-0.25, -0.2) is 0 Å². The SMILES string of the molecule is C[C@H]1CCCN(C(=O)CCc2ccsc2)[C@@H]1CN. The Morgan fingerprint density at radius 2 is 2.44 bits per heavy atom. The van der Waals surface area contributed by atoms with Crippen LogP contribution in [0.5, 0.6) is 0 Å². The van der Waals surface area contributed by atoms with Gasteiger partial charge in [0, 0.05) is 25.6 Å². The molecular weight excluding hydrogens is 244 g/mol. The number of piperidine rings is 1. The fourth-order valence-corrected chi connectivity index (χ4v) is 3.45. The van der Waals surface area contributed by atoms with Gasteiger partial charge in [-0.15, -0.1) is 0 Å². The second-order valence-corrected chi connectivity index (χ2v) is 5.92. The Morgan fingerprint density at radius 1 is 1.61 bits per heavy atom. The molecule has 100 valence electrons. The number of hydrogen-bond donors (Lipinski definition) is 1. The highest BCUT2D eigenvalue weighted by atomic mass is 32.1. The van der Waals surface area contributed by atoms with E-state index in [0.717, 1.165) is 19.4 Å². The minimum atomic E-state index is 0.244. The smallest absolute Gasteiger partial charge is 0.223 e. The van der Waals surface area contributed by atoms with Gasteiger partial charge in [-0.05, 0) is 47.6 Å². The predicted molar refractivity (Wildman–Crippen MR) is 75.6 cm³/mol. The summed E-state index contributed by atoms with van der Waals surface area (Å²) in [6.07, 6.45) is 3.77. The zero-order chi connectivity index (χ0) is 13.0. The van der Waals surface area contributed by atoms with Gasteiger partial charge in [0.1, 0.15) is 0 Å². The maximum Gasteiger partial charge on any atom is 0.223 e. The number of hydrogen-bond acceptors (Lipinski definition) is 3. The van der Waals surface area contributed by atoms with E-state index in [2.05, 4.69) is 23.8 Å². The van der Waals surface area contributed by atoms with Crippen LogP contribution in [0.4, 0.5) is 0 Å². The summed E-state index contributed by atoms with van der Waals surface area (Å²) in [5.74, 6) is 0.803. The normalized spacial score (nSPS) is 24.2. The van der Waals surface area contributed by atoms with Crippen LogP contribution in [0.1, 0.15) is 31.7 Å². The van der Waals surface area contributed by atoms with Crippen molar-refractivity contribution >= 4 is 17.2 Å². The summed E-state index contributed by atoms with van der Waals surface area (Å²) in [4.78, 5) is 14.3. The van der Waals surface area contributed by atoms with Gasteiger partial charge in [-0.1, -0.05) is 6.92 Å². The van der Waals surface area contributed by atoms with E-state index in [9.17, 15) is 4.79 Å². The van der Waals surface area contributed by atoms with Crippen LogP contribution in [0.3, 0.4) is 0 Å². The maximum absolute atomic E-state index is 12.3. The Bertz CT molecular complexity index is 377. The first-order valence-electron chi connectivity index (χ1n) is 6.73. The first kappa shape index (κ1) is 13.6. The second-order valence-electron chi connectivity index (χ2n) is 5.14. The monoisotopic (exact) mass is 266 g/mol. The molecule has 3 nitrogen and oxygen atoms in total. The lowest BCUT2D eigenvalue weighted by Gasteiger charge is -2.39. The molecule has 1 amide bonds. The molecule has 1 saturated heterocycles. The number of thiophene rings is 1. The molecule has 0 unspecified atom stereocenters. The van der Waals surface area contributed by atoms with Gasteiger partial charge in [0.2, 0.25) is 5.91 Å². The molecule has 0 aromatic carbocycles. The number of rotatable bonds is 4. The van der Waals surface area contributed by atoms with E-state index in [0.29, 0.717) is 18.9 Å². The predicted octanol–water partition coefficient (Wildman–Crippen LogP) is 2.27. The molecule has 0 radical (unpaired) electrons. The first-order chi connectivity index (χ1) is 8.72. The van der Waals surface area contributed by atoms with E-state index in [1.165, 1.54) is 12.0 Å². The van der Waals surface area contributed by atoms with Gasteiger partial charge in [0.05, 0.1) is 0 Å². The lowest BCUT2D eigenvalue weighted by Crippen LogP contribution is -2.51. The number of nitrogens with zero attached hydrogens (tertiary/aromatic N) is 1. The molecule has 2 heterocycles. The molecule has 0 saturated carbocycles. The zero-order valence-corrected chi connectivity index (χ0v) is 11.8. The van der Waals surface area contributed by atoms with Crippen molar-refractivity contribution < 1.29 is 4.79 Å². The maximum atomic E-state index is 12.3. The minimum Gasteiger partial charge on any atom is -0.338 e. The third kappa shape index (κ3) is 3.12. The van der Waals surface area contributed by atoms with Crippen molar-refractivity contribution in [2.24, 2.45) is 11.7 Å². The van der Waals surface area contributed by atoms with Crippen LogP contribution >= 0.6 is 11.3 Å². The van der Waals surface area contributed by atoms with Gasteiger partial charge in [0.15, 0.2) is 0 Å². The van der Waals surface area contributed by atoms with Crippen molar-refractivity contribution in [3.05, 3.63) is 22.4 Å². The lowest BCUT2D eigenvalue weighted by molar-refractivity contribution is -0.136. The van der Waals surface area contributed by atoms with E-state index in [1.807, 2.05) is 4.90 Å². The summed E-state index contributed by atoms with van der Waals surface area (Å²) in [5, 5.41) is 4.18. The molecule has 0 spiro atoms. The molecule has 2 N–H and O–H groups in total. The molecule has 1 fully saturated rings. The fourth-order valence-electron chi connectivity index (χ4n) is 2.75. The molecular formula is C14H22N2OS. The third-order valence-electron chi connectivity index (χ3n) is 3.89. The number of carbonyl (C=O) groups is 1. The number of amides is 1. The van der Waals surface area contributed by atoms with E-state index in [1.54, 1.807) is 11.3 Å². The van der Waals surface area contributed by atoms with Crippen molar-refractivity contribution in [3.63, 3.8) is 0 Å². The van der Waals surface area contributed by atoms with Crippen molar-refractivity contribution in [3.8, 4) is 0 Å². The summed E-state index contributed by atoms with van der Waals surface area (Å²) in [5.41, 5.74) is 7.09. The molecule has 0 bridgehead atoms. The highest BCUT2D eigenvalue weighted by molar-refractivity contribution is 7.07. The summed E-state index contributed by atoms with van der Waals surface area (Å²) < 4.78 is 0. The second kappa shape index (κ2) is 6.34. The van der Waals surface area contributed by atoms with Crippen LogP contribution in [-0.4, -0.2) is 29.9 Å². The van der Waals surface area contributed by atoms with Gasteiger partial charge in [-0.2, -0.15) is 11.3 Å². The van der Waals surface area contributed by atoms with E-state index >= 15 is 0 Å². The largest absolute Gasteiger partial charge is 0.338 e. The van der Waals surface area contributed by atoms with E-state index in [4.69, 9.17) is 5.73 Å². The fraction of sp³-hybridized carbons (Fsp3) is 0.643. The molecule has 2 rings (SSSR count). The van der Waals surface area contributed by atoms with Crippen LogP contribution in [0.25, 0.3) is 0 Å². The lowest BCUT2D eigenvalue weighted by atomic mass is 9.90. The van der Waals surface area contributed by atoms with Crippen LogP contribution < -0.4 is 5.73 Å². The standard InChI is InChI=1S/C14H22N2OS/c1-11-3-2-7-16(13(11)9-15)14(17)5-4-12-6-8-18-10-12/h6,8,10-11,13H,2-5,7,9,15H2,1H3/t11-,13+/m0/s1. The van der Waals surface area contributed by atoms with Crippen LogP contribution in [0.2, 0.25) is 0 Å². The Kier molecular flexibility index (Phi) is 4.78. The number of carbonyl (C=O) groups excluding carboxylic acids is 1.